The van der Waals surface area contributed by atoms with Crippen LogP contribution in [0.5, 0.6) is 0 Å². The molecule has 6 nitrogen and oxygen atoms in total. The molecule has 0 aliphatic heterocycles. The quantitative estimate of drug-likeness (QED) is 0.523. The van der Waals surface area contributed by atoms with Gasteiger partial charge >= 0.3 is 0 Å². The molecule has 2 aromatic rings. The molecule has 1 amide bonds. The first-order valence-corrected chi connectivity index (χ1v) is 7.04. The van der Waals surface area contributed by atoms with E-state index in [0.29, 0.717) is 5.56 Å². The number of carbonyl (C=O) groups excluding carboxylic acids is 1. The number of nitrogens with zero attached hydrogens (tertiary/aromatic N) is 2. The molecular formula is C14H13N3O3S. The summed E-state index contributed by atoms with van der Waals surface area (Å²) in [5.41, 5.74) is 3.92. The Balaban J connectivity index is 1.92. The highest BCUT2D eigenvalue weighted by Gasteiger charge is 2.07. The lowest BCUT2D eigenvalue weighted by atomic mass is 10.1. The van der Waals surface area contributed by atoms with Gasteiger partial charge in [0.25, 0.3) is 5.69 Å². The Kier molecular flexibility index (Phi) is 4.78. The second kappa shape index (κ2) is 6.76. The van der Waals surface area contributed by atoms with Crippen molar-refractivity contribution in [3.8, 4) is 0 Å². The second-order valence-electron chi connectivity index (χ2n) is 4.31. The minimum atomic E-state index is -0.474. The number of carbonyl (C=O) groups is 1. The van der Waals surface area contributed by atoms with Crippen LogP contribution in [0.25, 0.3) is 0 Å². The van der Waals surface area contributed by atoms with Gasteiger partial charge in [-0.05, 0) is 23.9 Å². The van der Waals surface area contributed by atoms with Gasteiger partial charge in [0.1, 0.15) is 0 Å². The van der Waals surface area contributed by atoms with Crippen LogP contribution in [0.15, 0.2) is 46.9 Å². The molecule has 0 aliphatic carbocycles. The average molecular weight is 303 g/mol. The third-order valence-corrected chi connectivity index (χ3v) is 3.72. The predicted molar refractivity (Wildman–Crippen MR) is 81.5 cm³/mol. The minimum absolute atomic E-state index is 0.00530. The van der Waals surface area contributed by atoms with Crippen LogP contribution in [0.2, 0.25) is 0 Å². The summed E-state index contributed by atoms with van der Waals surface area (Å²) in [6.07, 6.45) is 0.124. The zero-order valence-corrected chi connectivity index (χ0v) is 12.1. The predicted octanol–water partition coefficient (Wildman–Crippen LogP) is 2.74. The second-order valence-corrected chi connectivity index (χ2v) is 5.26. The van der Waals surface area contributed by atoms with Crippen LogP contribution in [-0.4, -0.2) is 16.5 Å². The van der Waals surface area contributed by atoms with Crippen molar-refractivity contribution in [1.29, 1.82) is 0 Å². The first-order valence-electron chi connectivity index (χ1n) is 6.16. The van der Waals surface area contributed by atoms with E-state index in [2.05, 4.69) is 10.5 Å². The van der Waals surface area contributed by atoms with Crippen molar-refractivity contribution in [2.75, 3.05) is 0 Å². The van der Waals surface area contributed by atoms with Crippen LogP contribution in [0, 0.1) is 10.1 Å². The van der Waals surface area contributed by atoms with E-state index in [1.165, 1.54) is 12.1 Å². The molecule has 7 heteroatoms. The standard InChI is InChI=1S/C14H13N3O3S/c1-10(13-3-2-8-21-13)15-16-14(18)9-11-4-6-12(7-5-11)17(19)20/h2-8H,9H2,1H3,(H,16,18). The van der Waals surface area contributed by atoms with Crippen molar-refractivity contribution in [2.45, 2.75) is 13.3 Å². The van der Waals surface area contributed by atoms with E-state index in [9.17, 15) is 14.9 Å². The largest absolute Gasteiger partial charge is 0.273 e. The average Bonchev–Trinajstić information content (AvgIpc) is 2.99. The Bertz CT molecular complexity index is 663. The Morgan fingerprint density at radius 2 is 2.05 bits per heavy atom. The van der Waals surface area contributed by atoms with Crippen molar-refractivity contribution in [1.82, 2.24) is 5.43 Å². The van der Waals surface area contributed by atoms with Gasteiger partial charge in [0, 0.05) is 17.0 Å². The number of nitrogens with one attached hydrogen (secondary N) is 1. The number of thiophene rings is 1. The van der Waals surface area contributed by atoms with E-state index in [1.807, 2.05) is 24.4 Å². The summed E-state index contributed by atoms with van der Waals surface area (Å²) in [7, 11) is 0. The number of rotatable bonds is 5. The molecule has 0 aliphatic rings. The maximum Gasteiger partial charge on any atom is 0.269 e. The molecule has 0 unspecified atom stereocenters. The van der Waals surface area contributed by atoms with Crippen molar-refractivity contribution in [3.63, 3.8) is 0 Å². The smallest absolute Gasteiger partial charge is 0.269 e. The third-order valence-electron chi connectivity index (χ3n) is 2.74. The van der Waals surface area contributed by atoms with Gasteiger partial charge in [-0.15, -0.1) is 11.3 Å². The van der Waals surface area contributed by atoms with Crippen LogP contribution < -0.4 is 5.43 Å². The number of nitro groups is 1. The maximum atomic E-state index is 11.8. The molecule has 1 N–H and O–H groups in total. The van der Waals surface area contributed by atoms with Crippen LogP contribution in [-0.2, 0) is 11.2 Å². The van der Waals surface area contributed by atoms with E-state index in [4.69, 9.17) is 0 Å². The molecule has 108 valence electrons. The Morgan fingerprint density at radius 3 is 2.62 bits per heavy atom. The molecule has 0 atom stereocenters. The molecule has 0 spiro atoms. The summed E-state index contributed by atoms with van der Waals surface area (Å²) in [4.78, 5) is 22.8. The number of hydrogen-bond acceptors (Lipinski definition) is 5. The van der Waals surface area contributed by atoms with Gasteiger partial charge in [0.15, 0.2) is 0 Å². The number of non-ortho nitro benzene ring substituents is 1. The van der Waals surface area contributed by atoms with Crippen molar-refractivity contribution < 1.29 is 9.72 Å². The third kappa shape index (κ3) is 4.22. The van der Waals surface area contributed by atoms with Crippen LogP contribution in [0.3, 0.4) is 0 Å². The monoisotopic (exact) mass is 303 g/mol. The number of hydrazone groups is 1. The van der Waals surface area contributed by atoms with Gasteiger partial charge in [-0.2, -0.15) is 5.10 Å². The van der Waals surface area contributed by atoms with Gasteiger partial charge < -0.3 is 0 Å². The summed E-state index contributed by atoms with van der Waals surface area (Å²) in [5.74, 6) is -0.264. The summed E-state index contributed by atoms with van der Waals surface area (Å²) >= 11 is 1.55. The van der Waals surface area contributed by atoms with Crippen molar-refractivity contribution >= 4 is 28.6 Å². The molecule has 0 bridgehead atoms. The lowest BCUT2D eigenvalue weighted by Crippen LogP contribution is -2.21. The molecule has 2 rings (SSSR count). The molecule has 0 saturated carbocycles. The van der Waals surface area contributed by atoms with Gasteiger partial charge in [0.2, 0.25) is 5.91 Å². The lowest BCUT2D eigenvalue weighted by molar-refractivity contribution is -0.384. The van der Waals surface area contributed by atoms with Gasteiger partial charge in [0.05, 0.1) is 17.1 Å². The van der Waals surface area contributed by atoms with E-state index in [1.54, 1.807) is 23.5 Å². The first-order chi connectivity index (χ1) is 10.1. The highest BCUT2D eigenvalue weighted by molar-refractivity contribution is 7.12. The minimum Gasteiger partial charge on any atom is -0.273 e. The Labute approximate surface area is 125 Å². The normalized spacial score (nSPS) is 11.2. The number of benzene rings is 1. The van der Waals surface area contributed by atoms with E-state index in [0.717, 1.165) is 10.6 Å². The lowest BCUT2D eigenvalue weighted by Gasteiger charge is -2.02. The molecular weight excluding hydrogens is 290 g/mol. The first kappa shape index (κ1) is 14.9. The van der Waals surface area contributed by atoms with Gasteiger partial charge in [-0.3, -0.25) is 14.9 Å². The summed E-state index contributed by atoms with van der Waals surface area (Å²) in [6.45, 7) is 1.82. The van der Waals surface area contributed by atoms with Gasteiger partial charge in [-0.1, -0.05) is 18.2 Å². The van der Waals surface area contributed by atoms with Crippen molar-refractivity contribution in [3.05, 3.63) is 62.3 Å². The molecule has 0 saturated heterocycles. The zero-order chi connectivity index (χ0) is 15.2. The van der Waals surface area contributed by atoms with E-state index in [-0.39, 0.29) is 18.0 Å². The summed E-state index contributed by atoms with van der Waals surface area (Å²) < 4.78 is 0. The maximum absolute atomic E-state index is 11.8. The fraction of sp³-hybridized carbons (Fsp3) is 0.143. The molecule has 0 fully saturated rings. The SMILES string of the molecule is CC(=NNC(=O)Cc1ccc([N+](=O)[O-])cc1)c1cccs1. The molecule has 1 aromatic carbocycles. The van der Waals surface area contributed by atoms with Gasteiger partial charge in [-0.25, -0.2) is 5.43 Å². The summed E-state index contributed by atoms with van der Waals surface area (Å²) in [5, 5.41) is 16.5. The molecule has 1 heterocycles. The molecule has 21 heavy (non-hydrogen) atoms. The number of hydrogen-bond donors (Lipinski definition) is 1. The zero-order valence-electron chi connectivity index (χ0n) is 11.3. The Morgan fingerprint density at radius 1 is 1.33 bits per heavy atom. The van der Waals surface area contributed by atoms with E-state index < -0.39 is 4.92 Å². The van der Waals surface area contributed by atoms with Crippen LogP contribution in [0.4, 0.5) is 5.69 Å². The number of nitro benzene ring substituents is 1. The highest BCUT2D eigenvalue weighted by Crippen LogP contribution is 2.12. The molecule has 1 aromatic heterocycles. The molecule has 0 radical (unpaired) electrons. The van der Waals surface area contributed by atoms with Crippen LogP contribution >= 0.6 is 11.3 Å². The fourth-order valence-corrected chi connectivity index (χ4v) is 2.32. The number of amides is 1. The van der Waals surface area contributed by atoms with Crippen molar-refractivity contribution in [2.24, 2.45) is 5.10 Å². The highest BCUT2D eigenvalue weighted by atomic mass is 32.1. The van der Waals surface area contributed by atoms with Crippen LogP contribution in [0.1, 0.15) is 17.4 Å². The Hall–Kier alpha value is -2.54. The topological polar surface area (TPSA) is 84.6 Å². The summed E-state index contributed by atoms with van der Waals surface area (Å²) in [6, 6.07) is 9.72. The fourth-order valence-electron chi connectivity index (χ4n) is 1.65. The van der Waals surface area contributed by atoms with E-state index >= 15 is 0 Å².